The van der Waals surface area contributed by atoms with E-state index in [0.29, 0.717) is 6.54 Å². The summed E-state index contributed by atoms with van der Waals surface area (Å²) in [6, 6.07) is 0. The Morgan fingerprint density at radius 3 is 2.80 bits per heavy atom. The summed E-state index contributed by atoms with van der Waals surface area (Å²) in [5, 5.41) is 5.89. The first-order chi connectivity index (χ1) is 9.51. The van der Waals surface area contributed by atoms with E-state index in [4.69, 9.17) is 0 Å². The van der Waals surface area contributed by atoms with Crippen molar-refractivity contribution in [3.8, 4) is 0 Å². The van der Waals surface area contributed by atoms with Crippen molar-refractivity contribution in [1.29, 1.82) is 0 Å². The predicted molar refractivity (Wildman–Crippen MR) is 85.0 cm³/mol. The Labute approximate surface area is 128 Å². The number of nitrogens with zero attached hydrogens (tertiary/aromatic N) is 3. The molecule has 0 saturated carbocycles. The van der Waals surface area contributed by atoms with Crippen molar-refractivity contribution < 1.29 is 4.79 Å². The van der Waals surface area contributed by atoms with Crippen LogP contribution in [0.15, 0.2) is 10.8 Å². The highest BCUT2D eigenvalue weighted by Crippen LogP contribution is 2.29. The van der Waals surface area contributed by atoms with E-state index in [9.17, 15) is 4.79 Å². The molecule has 1 unspecified atom stereocenters. The number of carbonyl (C=O) groups excluding carboxylic acids is 1. The molecule has 1 rings (SSSR count). The van der Waals surface area contributed by atoms with Gasteiger partial charge in [-0.25, -0.2) is 9.97 Å². The molecule has 2 N–H and O–H groups in total. The van der Waals surface area contributed by atoms with E-state index in [2.05, 4.69) is 43.5 Å². The lowest BCUT2D eigenvalue weighted by molar-refractivity contribution is -0.123. The summed E-state index contributed by atoms with van der Waals surface area (Å²) in [7, 11) is 3.56. The molecule has 1 atom stereocenters. The summed E-state index contributed by atoms with van der Waals surface area (Å²) < 4.78 is 0.819. The predicted octanol–water partition coefficient (Wildman–Crippen LogP) is 1.88. The van der Waals surface area contributed by atoms with Crippen molar-refractivity contribution in [3.63, 3.8) is 0 Å². The lowest BCUT2D eigenvalue weighted by Crippen LogP contribution is -2.34. The number of rotatable bonds is 7. The molecule has 20 heavy (non-hydrogen) atoms. The van der Waals surface area contributed by atoms with Gasteiger partial charge in [0.1, 0.15) is 22.4 Å². The summed E-state index contributed by atoms with van der Waals surface area (Å²) in [6.45, 7) is 5.43. The molecule has 1 heterocycles. The van der Waals surface area contributed by atoms with Crippen LogP contribution in [0.3, 0.4) is 0 Å². The standard InChI is InChI=1S/C13H22BrN5O/c1-5-6-16-11-10(14)12(18-8-17-11)19(4)7-9(2)13(20)15-3/h8-9H,5-7H2,1-4H3,(H,15,20)(H,16,17,18). The van der Waals surface area contributed by atoms with Gasteiger partial charge in [-0.2, -0.15) is 0 Å². The second kappa shape index (κ2) is 8.04. The number of hydrogen-bond acceptors (Lipinski definition) is 5. The average molecular weight is 344 g/mol. The van der Waals surface area contributed by atoms with Crippen LogP contribution in [0.1, 0.15) is 20.3 Å². The van der Waals surface area contributed by atoms with E-state index in [1.165, 1.54) is 6.33 Å². The van der Waals surface area contributed by atoms with Crippen LogP contribution in [-0.2, 0) is 4.79 Å². The van der Waals surface area contributed by atoms with Crippen molar-refractivity contribution in [2.24, 2.45) is 5.92 Å². The van der Waals surface area contributed by atoms with Gasteiger partial charge in [0.15, 0.2) is 0 Å². The van der Waals surface area contributed by atoms with Crippen LogP contribution in [0.5, 0.6) is 0 Å². The first-order valence-electron chi connectivity index (χ1n) is 6.68. The van der Waals surface area contributed by atoms with Crippen molar-refractivity contribution in [3.05, 3.63) is 10.8 Å². The molecule has 6 nitrogen and oxygen atoms in total. The van der Waals surface area contributed by atoms with E-state index in [-0.39, 0.29) is 11.8 Å². The number of aromatic nitrogens is 2. The van der Waals surface area contributed by atoms with Crippen LogP contribution >= 0.6 is 15.9 Å². The Balaban J connectivity index is 2.82. The topological polar surface area (TPSA) is 70.2 Å². The van der Waals surface area contributed by atoms with Gasteiger partial charge in [-0.05, 0) is 22.4 Å². The minimum absolute atomic E-state index is 0.0198. The number of anilines is 2. The van der Waals surface area contributed by atoms with Gasteiger partial charge in [-0.1, -0.05) is 13.8 Å². The molecule has 0 aliphatic carbocycles. The molecule has 0 fully saturated rings. The minimum Gasteiger partial charge on any atom is -0.369 e. The van der Waals surface area contributed by atoms with E-state index in [1.807, 2.05) is 18.9 Å². The fraction of sp³-hybridized carbons (Fsp3) is 0.615. The van der Waals surface area contributed by atoms with Crippen molar-refractivity contribution in [2.75, 3.05) is 37.4 Å². The maximum absolute atomic E-state index is 11.6. The highest BCUT2D eigenvalue weighted by molar-refractivity contribution is 9.10. The zero-order chi connectivity index (χ0) is 15.1. The van der Waals surface area contributed by atoms with Gasteiger partial charge in [-0.15, -0.1) is 0 Å². The molecule has 112 valence electrons. The Kier molecular flexibility index (Phi) is 6.70. The second-order valence-corrected chi connectivity index (χ2v) is 5.48. The number of amides is 1. The molecule has 1 aromatic rings. The van der Waals surface area contributed by atoms with Crippen LogP contribution in [-0.4, -0.2) is 43.1 Å². The van der Waals surface area contributed by atoms with Crippen molar-refractivity contribution >= 4 is 33.5 Å². The number of carbonyl (C=O) groups is 1. The van der Waals surface area contributed by atoms with Crippen molar-refractivity contribution in [1.82, 2.24) is 15.3 Å². The SMILES string of the molecule is CCCNc1ncnc(N(C)CC(C)C(=O)NC)c1Br. The van der Waals surface area contributed by atoms with Crippen LogP contribution in [0.2, 0.25) is 0 Å². The highest BCUT2D eigenvalue weighted by Gasteiger charge is 2.17. The molecule has 1 amide bonds. The third kappa shape index (κ3) is 4.33. The molecular weight excluding hydrogens is 322 g/mol. The molecule has 0 saturated heterocycles. The second-order valence-electron chi connectivity index (χ2n) is 4.68. The smallest absolute Gasteiger partial charge is 0.224 e. The van der Waals surface area contributed by atoms with Gasteiger partial charge < -0.3 is 15.5 Å². The zero-order valence-electron chi connectivity index (χ0n) is 12.4. The van der Waals surface area contributed by atoms with Gasteiger partial charge in [0.05, 0.1) is 5.92 Å². The fourth-order valence-corrected chi connectivity index (χ4v) is 2.47. The molecule has 0 spiro atoms. The maximum Gasteiger partial charge on any atom is 0.224 e. The number of nitrogens with one attached hydrogen (secondary N) is 2. The van der Waals surface area contributed by atoms with E-state index < -0.39 is 0 Å². The minimum atomic E-state index is -0.112. The lowest BCUT2D eigenvalue weighted by Gasteiger charge is -2.23. The Morgan fingerprint density at radius 1 is 1.50 bits per heavy atom. The molecule has 0 bridgehead atoms. The third-order valence-corrected chi connectivity index (χ3v) is 3.65. The molecule has 0 aliphatic rings. The van der Waals surface area contributed by atoms with Gasteiger partial charge in [-0.3, -0.25) is 4.79 Å². The molecule has 0 radical (unpaired) electrons. The maximum atomic E-state index is 11.6. The van der Waals surface area contributed by atoms with Gasteiger partial charge in [0.2, 0.25) is 5.91 Å². The Bertz CT molecular complexity index is 454. The molecule has 0 aliphatic heterocycles. The van der Waals surface area contributed by atoms with Gasteiger partial charge >= 0.3 is 0 Å². The summed E-state index contributed by atoms with van der Waals surface area (Å²) in [4.78, 5) is 22.0. The molecule has 1 aromatic heterocycles. The quantitative estimate of drug-likeness (QED) is 0.790. The van der Waals surface area contributed by atoms with Gasteiger partial charge in [0, 0.05) is 27.2 Å². The monoisotopic (exact) mass is 343 g/mol. The third-order valence-electron chi connectivity index (χ3n) is 2.92. The molecule has 0 aromatic carbocycles. The number of halogens is 1. The highest BCUT2D eigenvalue weighted by atomic mass is 79.9. The number of hydrogen-bond donors (Lipinski definition) is 2. The van der Waals surface area contributed by atoms with Crippen LogP contribution in [0.4, 0.5) is 11.6 Å². The lowest BCUT2D eigenvalue weighted by atomic mass is 10.1. The van der Waals surface area contributed by atoms with Gasteiger partial charge in [0.25, 0.3) is 0 Å². The molecular formula is C13H22BrN5O. The normalized spacial score (nSPS) is 11.8. The Hall–Kier alpha value is -1.37. The summed E-state index contributed by atoms with van der Waals surface area (Å²) in [5.41, 5.74) is 0. The molecule has 7 heteroatoms. The van der Waals surface area contributed by atoms with Crippen molar-refractivity contribution in [2.45, 2.75) is 20.3 Å². The largest absolute Gasteiger partial charge is 0.369 e. The summed E-state index contributed by atoms with van der Waals surface area (Å²) in [5.74, 6) is 1.45. The first kappa shape index (κ1) is 16.7. The van der Waals surface area contributed by atoms with Crippen LogP contribution in [0.25, 0.3) is 0 Å². The van der Waals surface area contributed by atoms with E-state index in [1.54, 1.807) is 7.05 Å². The van der Waals surface area contributed by atoms with Crippen LogP contribution < -0.4 is 15.5 Å². The first-order valence-corrected chi connectivity index (χ1v) is 7.47. The zero-order valence-corrected chi connectivity index (χ0v) is 14.0. The average Bonchev–Trinajstić information content (AvgIpc) is 2.45. The van der Waals surface area contributed by atoms with Crippen LogP contribution in [0, 0.1) is 5.92 Å². The summed E-state index contributed by atoms with van der Waals surface area (Å²) >= 11 is 3.53. The summed E-state index contributed by atoms with van der Waals surface area (Å²) in [6.07, 6.45) is 2.55. The fourth-order valence-electron chi connectivity index (χ4n) is 1.82. The van der Waals surface area contributed by atoms with E-state index in [0.717, 1.165) is 29.1 Å². The van der Waals surface area contributed by atoms with E-state index >= 15 is 0 Å². The Morgan fingerprint density at radius 2 is 2.20 bits per heavy atom.